The number of carbonyl (C=O) groups is 1. The number of para-hydroxylation sites is 1. The molecule has 5 heteroatoms. The van der Waals surface area contributed by atoms with Crippen LogP contribution in [0, 0.1) is 5.92 Å². The van der Waals surface area contributed by atoms with E-state index in [1.54, 1.807) is 18.3 Å². The Bertz CT molecular complexity index is 739. The van der Waals surface area contributed by atoms with Crippen LogP contribution in [0.25, 0.3) is 0 Å². The van der Waals surface area contributed by atoms with E-state index in [0.717, 1.165) is 44.7 Å². The van der Waals surface area contributed by atoms with E-state index in [4.69, 9.17) is 9.47 Å². The largest absolute Gasteiger partial charge is 0.477 e. The zero-order valence-electron chi connectivity index (χ0n) is 14.2. The van der Waals surface area contributed by atoms with E-state index in [0.29, 0.717) is 24.0 Å². The minimum atomic E-state index is -0.00608. The van der Waals surface area contributed by atoms with Crippen molar-refractivity contribution < 1.29 is 14.3 Å². The summed E-state index contributed by atoms with van der Waals surface area (Å²) in [5.74, 6) is 1.09. The number of hydrogen-bond acceptors (Lipinski definition) is 4. The molecule has 2 aliphatic heterocycles. The van der Waals surface area contributed by atoms with E-state index in [1.165, 1.54) is 5.56 Å². The highest BCUT2D eigenvalue weighted by Crippen LogP contribution is 2.29. The van der Waals surface area contributed by atoms with Crippen molar-refractivity contribution in [2.45, 2.75) is 19.3 Å². The Morgan fingerprint density at radius 2 is 2.04 bits per heavy atom. The van der Waals surface area contributed by atoms with Crippen LogP contribution in [0.15, 0.2) is 42.6 Å². The molecule has 0 atom stereocenters. The number of hydrogen-bond donors (Lipinski definition) is 0. The number of amides is 1. The number of carbonyl (C=O) groups excluding carboxylic acids is 1. The predicted molar refractivity (Wildman–Crippen MR) is 95.1 cm³/mol. The molecule has 0 bridgehead atoms. The molecule has 130 valence electrons. The molecule has 1 saturated heterocycles. The second-order valence-electron chi connectivity index (χ2n) is 6.59. The summed E-state index contributed by atoms with van der Waals surface area (Å²) in [5.41, 5.74) is 2.82. The minimum absolute atomic E-state index is 0.00608. The van der Waals surface area contributed by atoms with E-state index in [9.17, 15) is 4.79 Å². The van der Waals surface area contributed by atoms with Crippen LogP contribution in [0.4, 0.5) is 5.69 Å². The van der Waals surface area contributed by atoms with Gasteiger partial charge < -0.3 is 14.4 Å². The van der Waals surface area contributed by atoms with Crippen molar-refractivity contribution >= 4 is 11.6 Å². The molecule has 1 fully saturated rings. The van der Waals surface area contributed by atoms with Gasteiger partial charge in [0.1, 0.15) is 0 Å². The molecule has 5 nitrogen and oxygen atoms in total. The Balaban J connectivity index is 1.39. The fourth-order valence-electron chi connectivity index (χ4n) is 3.41. The normalized spacial score (nSPS) is 17.4. The Hall–Kier alpha value is -2.40. The van der Waals surface area contributed by atoms with Crippen molar-refractivity contribution in [2.24, 2.45) is 5.92 Å². The Morgan fingerprint density at radius 1 is 1.20 bits per heavy atom. The molecule has 2 aromatic rings. The molecule has 0 radical (unpaired) electrons. The first kappa shape index (κ1) is 16.1. The summed E-state index contributed by atoms with van der Waals surface area (Å²) in [7, 11) is 0. The van der Waals surface area contributed by atoms with Gasteiger partial charge in [0.25, 0.3) is 5.91 Å². The van der Waals surface area contributed by atoms with Gasteiger partial charge in [-0.1, -0.05) is 18.2 Å². The third-order valence-corrected chi connectivity index (χ3v) is 4.92. The summed E-state index contributed by atoms with van der Waals surface area (Å²) in [6, 6.07) is 11.6. The summed E-state index contributed by atoms with van der Waals surface area (Å²) in [5, 5.41) is 0. The Kier molecular flexibility index (Phi) is 4.65. The van der Waals surface area contributed by atoms with Crippen molar-refractivity contribution in [3.05, 3.63) is 53.7 Å². The predicted octanol–water partition coefficient (Wildman–Crippen LogP) is 3.09. The Labute approximate surface area is 147 Å². The molecule has 0 spiro atoms. The molecule has 1 amide bonds. The summed E-state index contributed by atoms with van der Waals surface area (Å²) in [6.45, 7) is 3.00. The first-order valence-corrected chi connectivity index (χ1v) is 8.87. The molecule has 0 saturated carbocycles. The van der Waals surface area contributed by atoms with Crippen LogP contribution < -0.4 is 9.64 Å². The lowest BCUT2D eigenvalue weighted by molar-refractivity contribution is 0.0490. The quantitative estimate of drug-likeness (QED) is 0.860. The monoisotopic (exact) mass is 338 g/mol. The van der Waals surface area contributed by atoms with Crippen LogP contribution in [0.3, 0.4) is 0 Å². The van der Waals surface area contributed by atoms with Crippen LogP contribution >= 0.6 is 0 Å². The van der Waals surface area contributed by atoms with Gasteiger partial charge in [-0.15, -0.1) is 0 Å². The summed E-state index contributed by atoms with van der Waals surface area (Å²) >= 11 is 0. The number of benzene rings is 1. The highest BCUT2D eigenvalue weighted by molar-refractivity contribution is 6.07. The molecular weight excluding hydrogens is 316 g/mol. The number of fused-ring (bicyclic) bond motifs is 1. The molecular formula is C20H22N2O3. The second-order valence-corrected chi connectivity index (χ2v) is 6.59. The fraction of sp³-hybridized carbons (Fsp3) is 0.400. The third-order valence-electron chi connectivity index (χ3n) is 4.92. The maximum Gasteiger partial charge on any atom is 0.259 e. The van der Waals surface area contributed by atoms with Gasteiger partial charge in [-0.05, 0) is 42.9 Å². The second kappa shape index (κ2) is 7.23. The molecule has 0 N–H and O–H groups in total. The lowest BCUT2D eigenvalue weighted by Crippen LogP contribution is -2.29. The number of ether oxygens (including phenoxy) is 2. The van der Waals surface area contributed by atoms with E-state index in [-0.39, 0.29) is 5.91 Å². The lowest BCUT2D eigenvalue weighted by Gasteiger charge is -2.21. The van der Waals surface area contributed by atoms with Crippen molar-refractivity contribution in [1.82, 2.24) is 4.98 Å². The number of pyridine rings is 1. The van der Waals surface area contributed by atoms with Crippen molar-refractivity contribution in [1.29, 1.82) is 0 Å². The average molecular weight is 338 g/mol. The molecule has 1 aromatic carbocycles. The van der Waals surface area contributed by atoms with Gasteiger partial charge in [-0.25, -0.2) is 4.98 Å². The SMILES string of the molecule is O=C(c1ccc(OCC2CCOCC2)nc1)N1CCc2ccccc21. The van der Waals surface area contributed by atoms with Gasteiger partial charge in [-0.3, -0.25) is 4.79 Å². The summed E-state index contributed by atoms with van der Waals surface area (Å²) in [6.07, 6.45) is 4.58. The first-order valence-electron chi connectivity index (χ1n) is 8.87. The van der Waals surface area contributed by atoms with Crippen molar-refractivity contribution in [3.63, 3.8) is 0 Å². The van der Waals surface area contributed by atoms with E-state index >= 15 is 0 Å². The van der Waals surface area contributed by atoms with Gasteiger partial charge >= 0.3 is 0 Å². The molecule has 2 aliphatic rings. The molecule has 25 heavy (non-hydrogen) atoms. The standard InChI is InChI=1S/C20H22N2O3/c23-20(22-10-7-16-3-1-2-4-18(16)22)17-5-6-19(21-13-17)25-14-15-8-11-24-12-9-15/h1-6,13,15H,7-12,14H2. The van der Waals surface area contributed by atoms with Gasteiger partial charge in [-0.2, -0.15) is 0 Å². The van der Waals surface area contributed by atoms with Crippen LogP contribution in [0.1, 0.15) is 28.8 Å². The first-order chi connectivity index (χ1) is 12.3. The average Bonchev–Trinajstić information content (AvgIpc) is 3.11. The smallest absolute Gasteiger partial charge is 0.259 e. The number of anilines is 1. The van der Waals surface area contributed by atoms with Crippen LogP contribution in [0.5, 0.6) is 5.88 Å². The molecule has 0 aliphatic carbocycles. The van der Waals surface area contributed by atoms with E-state index in [2.05, 4.69) is 11.1 Å². The van der Waals surface area contributed by atoms with Gasteiger partial charge in [0.2, 0.25) is 5.88 Å². The fourth-order valence-corrected chi connectivity index (χ4v) is 3.41. The van der Waals surface area contributed by atoms with Crippen LogP contribution in [-0.4, -0.2) is 37.3 Å². The highest BCUT2D eigenvalue weighted by atomic mass is 16.5. The number of aromatic nitrogens is 1. The molecule has 3 heterocycles. The molecule has 4 rings (SSSR count). The lowest BCUT2D eigenvalue weighted by atomic mass is 10.0. The van der Waals surface area contributed by atoms with E-state index < -0.39 is 0 Å². The van der Waals surface area contributed by atoms with Gasteiger partial charge in [0.15, 0.2) is 0 Å². The van der Waals surface area contributed by atoms with Crippen molar-refractivity contribution in [3.8, 4) is 5.88 Å². The molecule has 1 aromatic heterocycles. The summed E-state index contributed by atoms with van der Waals surface area (Å²) < 4.78 is 11.1. The van der Waals surface area contributed by atoms with Crippen LogP contribution in [0.2, 0.25) is 0 Å². The van der Waals surface area contributed by atoms with Crippen LogP contribution in [-0.2, 0) is 11.2 Å². The number of rotatable bonds is 4. The Morgan fingerprint density at radius 3 is 2.84 bits per heavy atom. The zero-order chi connectivity index (χ0) is 17.1. The maximum atomic E-state index is 12.8. The maximum absolute atomic E-state index is 12.8. The van der Waals surface area contributed by atoms with Crippen molar-refractivity contribution in [2.75, 3.05) is 31.3 Å². The molecule has 0 unspecified atom stereocenters. The van der Waals surface area contributed by atoms with Gasteiger partial charge in [0.05, 0.1) is 12.2 Å². The minimum Gasteiger partial charge on any atom is -0.477 e. The zero-order valence-corrected chi connectivity index (χ0v) is 14.2. The third kappa shape index (κ3) is 3.51. The van der Waals surface area contributed by atoms with E-state index in [1.807, 2.05) is 23.1 Å². The topological polar surface area (TPSA) is 51.7 Å². The highest BCUT2D eigenvalue weighted by Gasteiger charge is 2.25. The summed E-state index contributed by atoms with van der Waals surface area (Å²) in [4.78, 5) is 18.9. The number of nitrogens with zero attached hydrogens (tertiary/aromatic N) is 2. The van der Waals surface area contributed by atoms with Gasteiger partial charge in [0, 0.05) is 37.7 Å².